The normalized spacial score (nSPS) is 10.8. The van der Waals surface area contributed by atoms with E-state index in [1.54, 1.807) is 61.5 Å². The van der Waals surface area contributed by atoms with Crippen molar-refractivity contribution in [2.24, 2.45) is 0 Å². The summed E-state index contributed by atoms with van der Waals surface area (Å²) in [5.41, 5.74) is 0.169. The molecule has 0 spiro atoms. The standard InChI is InChI=1S/C20H16N4O4/c1-12-11-17(23-28-12)21-19(25)18-13-7-3-4-8-14(13)20(26)24(22-18)15-9-5-6-10-16(15)27-2/h3-11H,1-2H3,(H,21,23,25). The van der Waals surface area contributed by atoms with Crippen LogP contribution >= 0.6 is 0 Å². The zero-order valence-electron chi connectivity index (χ0n) is 15.2. The summed E-state index contributed by atoms with van der Waals surface area (Å²) in [5, 5.41) is 11.6. The Morgan fingerprint density at radius 1 is 1.11 bits per heavy atom. The number of benzene rings is 2. The highest BCUT2D eigenvalue weighted by Gasteiger charge is 2.19. The average Bonchev–Trinajstić information content (AvgIpc) is 3.13. The lowest BCUT2D eigenvalue weighted by atomic mass is 10.1. The number of para-hydroxylation sites is 2. The molecule has 4 rings (SSSR count). The molecule has 2 aromatic heterocycles. The number of carbonyl (C=O) groups excluding carboxylic acids is 1. The van der Waals surface area contributed by atoms with E-state index in [2.05, 4.69) is 15.6 Å². The van der Waals surface area contributed by atoms with Crippen LogP contribution in [0.1, 0.15) is 16.2 Å². The Hall–Kier alpha value is -3.94. The Balaban J connectivity index is 1.92. The molecule has 0 saturated carbocycles. The number of aromatic nitrogens is 3. The van der Waals surface area contributed by atoms with Gasteiger partial charge in [0.05, 0.1) is 12.5 Å². The molecule has 1 N–H and O–H groups in total. The Morgan fingerprint density at radius 2 is 1.82 bits per heavy atom. The molecule has 0 bridgehead atoms. The van der Waals surface area contributed by atoms with Crippen molar-refractivity contribution in [3.05, 3.63) is 76.4 Å². The third kappa shape index (κ3) is 3.01. The number of nitrogens with one attached hydrogen (secondary N) is 1. The minimum atomic E-state index is -0.506. The number of aryl methyl sites for hydroxylation is 1. The van der Waals surface area contributed by atoms with Crippen LogP contribution in [0.15, 0.2) is 63.9 Å². The van der Waals surface area contributed by atoms with Gasteiger partial charge in [0.1, 0.15) is 17.2 Å². The zero-order valence-corrected chi connectivity index (χ0v) is 15.2. The summed E-state index contributed by atoms with van der Waals surface area (Å²) >= 11 is 0. The Labute approximate surface area is 159 Å². The summed E-state index contributed by atoms with van der Waals surface area (Å²) in [6, 6.07) is 15.4. The van der Waals surface area contributed by atoms with Crippen molar-refractivity contribution >= 4 is 22.5 Å². The summed E-state index contributed by atoms with van der Waals surface area (Å²) in [5.74, 6) is 0.787. The number of methoxy groups -OCH3 is 1. The second kappa shape index (κ2) is 6.99. The van der Waals surface area contributed by atoms with E-state index in [4.69, 9.17) is 9.26 Å². The lowest BCUT2D eigenvalue weighted by Gasteiger charge is -2.13. The van der Waals surface area contributed by atoms with Crippen LogP contribution in [0.2, 0.25) is 0 Å². The average molecular weight is 376 g/mol. The molecule has 0 aliphatic heterocycles. The summed E-state index contributed by atoms with van der Waals surface area (Å²) < 4.78 is 11.5. The molecule has 0 aliphatic rings. The number of rotatable bonds is 4. The molecule has 2 heterocycles. The fraction of sp³-hybridized carbons (Fsp3) is 0.100. The SMILES string of the molecule is COc1ccccc1-n1nc(C(=O)Nc2cc(C)on2)c2ccccc2c1=O. The van der Waals surface area contributed by atoms with Gasteiger partial charge in [-0.3, -0.25) is 9.59 Å². The van der Waals surface area contributed by atoms with Crippen LogP contribution in [0.3, 0.4) is 0 Å². The van der Waals surface area contributed by atoms with Gasteiger partial charge < -0.3 is 14.6 Å². The van der Waals surface area contributed by atoms with Gasteiger partial charge in [-0.15, -0.1) is 0 Å². The maximum Gasteiger partial charge on any atom is 0.279 e. The third-order valence-electron chi connectivity index (χ3n) is 4.20. The van der Waals surface area contributed by atoms with Gasteiger partial charge in [0.2, 0.25) is 0 Å². The number of hydrogen-bond acceptors (Lipinski definition) is 6. The number of fused-ring (bicyclic) bond motifs is 1. The van der Waals surface area contributed by atoms with E-state index >= 15 is 0 Å². The Kier molecular flexibility index (Phi) is 4.36. The molecular weight excluding hydrogens is 360 g/mol. The minimum Gasteiger partial charge on any atom is -0.494 e. The summed E-state index contributed by atoms with van der Waals surface area (Å²) in [7, 11) is 1.51. The number of hydrogen-bond donors (Lipinski definition) is 1. The lowest BCUT2D eigenvalue weighted by molar-refractivity contribution is 0.102. The molecule has 0 atom stereocenters. The maximum atomic E-state index is 13.0. The topological polar surface area (TPSA) is 99.2 Å². The van der Waals surface area contributed by atoms with Crippen molar-refractivity contribution in [3.8, 4) is 11.4 Å². The molecule has 0 saturated heterocycles. The van der Waals surface area contributed by atoms with E-state index in [-0.39, 0.29) is 17.1 Å². The monoisotopic (exact) mass is 376 g/mol. The van der Waals surface area contributed by atoms with E-state index in [0.717, 1.165) is 0 Å². The quantitative estimate of drug-likeness (QED) is 0.588. The lowest BCUT2D eigenvalue weighted by Crippen LogP contribution is -2.26. The van der Waals surface area contributed by atoms with Gasteiger partial charge in [-0.25, -0.2) is 0 Å². The number of ether oxygens (including phenoxy) is 1. The first-order valence-corrected chi connectivity index (χ1v) is 8.48. The summed E-state index contributed by atoms with van der Waals surface area (Å²) in [6.45, 7) is 1.72. The van der Waals surface area contributed by atoms with Crippen molar-refractivity contribution in [1.82, 2.24) is 14.9 Å². The van der Waals surface area contributed by atoms with Crippen molar-refractivity contribution in [2.45, 2.75) is 6.92 Å². The first kappa shape index (κ1) is 17.5. The smallest absolute Gasteiger partial charge is 0.279 e. The fourth-order valence-corrected chi connectivity index (χ4v) is 2.93. The number of nitrogens with zero attached hydrogens (tertiary/aromatic N) is 3. The summed E-state index contributed by atoms with van der Waals surface area (Å²) in [4.78, 5) is 25.9. The predicted molar refractivity (Wildman–Crippen MR) is 103 cm³/mol. The van der Waals surface area contributed by atoms with E-state index in [9.17, 15) is 9.59 Å². The van der Waals surface area contributed by atoms with Gasteiger partial charge in [-0.05, 0) is 25.1 Å². The summed E-state index contributed by atoms with van der Waals surface area (Å²) in [6.07, 6.45) is 0. The molecule has 0 aliphatic carbocycles. The van der Waals surface area contributed by atoms with Crippen molar-refractivity contribution in [2.75, 3.05) is 12.4 Å². The molecule has 28 heavy (non-hydrogen) atoms. The van der Waals surface area contributed by atoms with E-state index < -0.39 is 5.91 Å². The van der Waals surface area contributed by atoms with Crippen LogP contribution in [0.5, 0.6) is 5.75 Å². The molecule has 0 unspecified atom stereocenters. The van der Waals surface area contributed by atoms with Crippen molar-refractivity contribution < 1.29 is 14.1 Å². The van der Waals surface area contributed by atoms with E-state index in [1.165, 1.54) is 11.8 Å². The first-order chi connectivity index (χ1) is 13.6. The number of carbonyl (C=O) groups is 1. The number of anilines is 1. The van der Waals surface area contributed by atoms with Crippen LogP contribution in [0, 0.1) is 6.92 Å². The highest BCUT2D eigenvalue weighted by molar-refractivity contribution is 6.10. The van der Waals surface area contributed by atoms with Crippen LogP contribution in [-0.4, -0.2) is 28.0 Å². The number of amides is 1. The predicted octanol–water partition coefficient (Wildman–Crippen LogP) is 2.94. The van der Waals surface area contributed by atoms with Crippen LogP contribution in [-0.2, 0) is 0 Å². The molecule has 2 aromatic carbocycles. The highest BCUT2D eigenvalue weighted by Crippen LogP contribution is 2.22. The van der Waals surface area contributed by atoms with Crippen LogP contribution < -0.4 is 15.6 Å². The molecule has 4 aromatic rings. The molecular formula is C20H16N4O4. The van der Waals surface area contributed by atoms with Gasteiger partial charge in [0.25, 0.3) is 11.5 Å². The van der Waals surface area contributed by atoms with Gasteiger partial charge in [-0.1, -0.05) is 35.5 Å². The Bertz CT molecular complexity index is 1240. The van der Waals surface area contributed by atoms with Gasteiger partial charge in [-0.2, -0.15) is 9.78 Å². The van der Waals surface area contributed by atoms with E-state index in [0.29, 0.717) is 28.0 Å². The van der Waals surface area contributed by atoms with Gasteiger partial charge in [0, 0.05) is 11.5 Å². The van der Waals surface area contributed by atoms with Crippen LogP contribution in [0.25, 0.3) is 16.5 Å². The van der Waals surface area contributed by atoms with Crippen molar-refractivity contribution in [1.29, 1.82) is 0 Å². The second-order valence-corrected chi connectivity index (χ2v) is 6.06. The third-order valence-corrected chi connectivity index (χ3v) is 4.20. The van der Waals surface area contributed by atoms with Gasteiger partial charge >= 0.3 is 0 Å². The molecule has 0 fully saturated rings. The molecule has 140 valence electrons. The minimum absolute atomic E-state index is 0.0850. The van der Waals surface area contributed by atoms with Crippen LogP contribution in [0.4, 0.5) is 5.82 Å². The fourth-order valence-electron chi connectivity index (χ4n) is 2.93. The second-order valence-electron chi connectivity index (χ2n) is 6.06. The van der Waals surface area contributed by atoms with Gasteiger partial charge in [0.15, 0.2) is 11.5 Å². The highest BCUT2D eigenvalue weighted by atomic mass is 16.5. The Morgan fingerprint density at radius 3 is 2.54 bits per heavy atom. The maximum absolute atomic E-state index is 13.0. The molecule has 1 amide bonds. The molecule has 8 nitrogen and oxygen atoms in total. The largest absolute Gasteiger partial charge is 0.494 e. The van der Waals surface area contributed by atoms with E-state index in [1.807, 2.05) is 0 Å². The molecule has 0 radical (unpaired) electrons. The molecule has 8 heteroatoms. The zero-order chi connectivity index (χ0) is 19.7. The first-order valence-electron chi connectivity index (χ1n) is 8.48. The van der Waals surface area contributed by atoms with Crippen molar-refractivity contribution in [3.63, 3.8) is 0 Å².